The number of benzene rings is 2. The minimum atomic E-state index is -3.90. The number of halogens is 1. The van der Waals surface area contributed by atoms with Gasteiger partial charge in [-0.3, -0.25) is 13.9 Å². The fourth-order valence-electron chi connectivity index (χ4n) is 4.67. The first kappa shape index (κ1) is 29.2. The van der Waals surface area contributed by atoms with E-state index >= 15 is 0 Å². The Kier molecular flexibility index (Phi) is 9.96. The molecule has 1 aliphatic carbocycles. The van der Waals surface area contributed by atoms with Gasteiger partial charge in [0.05, 0.1) is 26.2 Å². The molecule has 3 rings (SSSR count). The van der Waals surface area contributed by atoms with Crippen LogP contribution >= 0.6 is 0 Å². The number of sulfonamides is 1. The maximum Gasteiger partial charge on any atom is 0.244 e. The van der Waals surface area contributed by atoms with Crippen LogP contribution in [0.3, 0.4) is 0 Å². The monoisotopic (exact) mass is 549 g/mol. The summed E-state index contributed by atoms with van der Waals surface area (Å²) in [6.07, 6.45) is 5.17. The van der Waals surface area contributed by atoms with Crippen molar-refractivity contribution in [1.82, 2.24) is 10.2 Å². The first-order chi connectivity index (χ1) is 18.1. The third-order valence-corrected chi connectivity index (χ3v) is 7.83. The van der Waals surface area contributed by atoms with Gasteiger partial charge in [-0.2, -0.15) is 0 Å². The van der Waals surface area contributed by atoms with E-state index in [9.17, 15) is 22.4 Å². The molecule has 0 saturated heterocycles. The lowest BCUT2D eigenvalue weighted by atomic mass is 10.1. The summed E-state index contributed by atoms with van der Waals surface area (Å²) in [6, 6.07) is 9.41. The molecule has 2 aromatic rings. The maximum absolute atomic E-state index is 13.8. The van der Waals surface area contributed by atoms with E-state index in [-0.39, 0.29) is 24.2 Å². The van der Waals surface area contributed by atoms with E-state index in [0.29, 0.717) is 23.5 Å². The predicted molar refractivity (Wildman–Crippen MR) is 143 cm³/mol. The van der Waals surface area contributed by atoms with Crippen LogP contribution in [0, 0.1) is 5.82 Å². The lowest BCUT2D eigenvalue weighted by Crippen LogP contribution is -2.53. The van der Waals surface area contributed by atoms with E-state index in [4.69, 9.17) is 9.47 Å². The molecule has 0 unspecified atom stereocenters. The Balaban J connectivity index is 1.94. The van der Waals surface area contributed by atoms with Crippen molar-refractivity contribution >= 4 is 27.5 Å². The molecule has 1 aliphatic rings. The summed E-state index contributed by atoms with van der Waals surface area (Å²) in [6.45, 7) is 1.27. The van der Waals surface area contributed by atoms with Gasteiger partial charge in [0.15, 0.2) is 11.5 Å². The maximum atomic E-state index is 13.8. The van der Waals surface area contributed by atoms with Crippen LogP contribution in [0.1, 0.15) is 44.6 Å². The van der Waals surface area contributed by atoms with Crippen molar-refractivity contribution in [2.75, 3.05) is 31.3 Å². The van der Waals surface area contributed by atoms with Gasteiger partial charge in [0.25, 0.3) is 0 Å². The number of carbonyl (C=O) groups is 2. The zero-order valence-corrected chi connectivity index (χ0v) is 23.1. The fraction of sp³-hybridized carbons (Fsp3) is 0.481. The Morgan fingerprint density at radius 2 is 1.68 bits per heavy atom. The zero-order valence-electron chi connectivity index (χ0n) is 22.3. The molecule has 0 heterocycles. The fourth-order valence-corrected chi connectivity index (χ4v) is 5.51. The molecule has 0 spiro atoms. The Morgan fingerprint density at radius 1 is 1.05 bits per heavy atom. The van der Waals surface area contributed by atoms with E-state index in [2.05, 4.69) is 5.32 Å². The van der Waals surface area contributed by atoms with Crippen molar-refractivity contribution in [3.8, 4) is 11.5 Å². The second-order valence-electron chi connectivity index (χ2n) is 9.37. The van der Waals surface area contributed by atoms with Gasteiger partial charge < -0.3 is 19.7 Å². The van der Waals surface area contributed by atoms with E-state index < -0.39 is 34.3 Å². The van der Waals surface area contributed by atoms with E-state index in [1.165, 1.54) is 43.4 Å². The first-order valence-corrected chi connectivity index (χ1v) is 14.5. The van der Waals surface area contributed by atoms with Gasteiger partial charge in [-0.15, -0.1) is 0 Å². The van der Waals surface area contributed by atoms with Crippen LogP contribution in [0.2, 0.25) is 0 Å². The lowest BCUT2D eigenvalue weighted by molar-refractivity contribution is -0.140. The van der Waals surface area contributed by atoms with Gasteiger partial charge in [0.1, 0.15) is 18.4 Å². The molecule has 0 aromatic heterocycles. The van der Waals surface area contributed by atoms with Crippen LogP contribution in [0.4, 0.5) is 10.1 Å². The second-order valence-corrected chi connectivity index (χ2v) is 11.3. The van der Waals surface area contributed by atoms with Crippen LogP contribution in [0.5, 0.6) is 11.5 Å². The third-order valence-electron chi connectivity index (χ3n) is 6.69. The van der Waals surface area contributed by atoms with E-state index in [1.807, 2.05) is 0 Å². The Labute approximate surface area is 224 Å². The number of amides is 2. The summed E-state index contributed by atoms with van der Waals surface area (Å²) in [5, 5.41) is 3.05. The Morgan fingerprint density at radius 3 is 2.24 bits per heavy atom. The van der Waals surface area contributed by atoms with Crippen LogP contribution in [-0.4, -0.2) is 64.2 Å². The topological polar surface area (TPSA) is 105 Å². The van der Waals surface area contributed by atoms with Gasteiger partial charge in [0, 0.05) is 18.7 Å². The predicted octanol–water partition coefficient (Wildman–Crippen LogP) is 3.48. The molecule has 1 N–H and O–H groups in total. The van der Waals surface area contributed by atoms with Gasteiger partial charge >= 0.3 is 0 Å². The number of anilines is 1. The number of carbonyl (C=O) groups excluding carboxylic acids is 2. The molecule has 1 saturated carbocycles. The molecule has 0 radical (unpaired) electrons. The van der Waals surface area contributed by atoms with Crippen LogP contribution in [0.25, 0.3) is 0 Å². The van der Waals surface area contributed by atoms with Crippen molar-refractivity contribution in [3.63, 3.8) is 0 Å². The SMILES string of the molecule is CC[C@@H](C(=O)NC1CCCC1)N(Cc1ccc(F)cc1)C(=O)CN(c1ccc(OC)c(OC)c1)S(C)(=O)=O. The number of methoxy groups -OCH3 is 2. The number of hydrogen-bond acceptors (Lipinski definition) is 6. The molecule has 1 fully saturated rings. The van der Waals surface area contributed by atoms with Gasteiger partial charge in [-0.25, -0.2) is 12.8 Å². The molecule has 0 bridgehead atoms. The number of hydrogen-bond donors (Lipinski definition) is 1. The summed E-state index contributed by atoms with van der Waals surface area (Å²) < 4.78 is 50.7. The summed E-state index contributed by atoms with van der Waals surface area (Å²) >= 11 is 0. The van der Waals surface area contributed by atoms with Crippen molar-refractivity contribution in [2.45, 2.75) is 57.7 Å². The van der Waals surface area contributed by atoms with Gasteiger partial charge in [-0.05, 0) is 49.1 Å². The molecule has 2 aromatic carbocycles. The molecule has 1 atom stereocenters. The molecule has 38 heavy (non-hydrogen) atoms. The van der Waals surface area contributed by atoms with E-state index in [1.54, 1.807) is 25.1 Å². The first-order valence-electron chi connectivity index (χ1n) is 12.6. The van der Waals surface area contributed by atoms with Crippen molar-refractivity contribution in [3.05, 3.63) is 53.8 Å². The highest BCUT2D eigenvalue weighted by molar-refractivity contribution is 7.92. The highest BCUT2D eigenvalue weighted by Gasteiger charge is 2.33. The number of rotatable bonds is 12. The van der Waals surface area contributed by atoms with Crippen LogP contribution in [-0.2, 0) is 26.2 Å². The summed E-state index contributed by atoms with van der Waals surface area (Å²) in [7, 11) is -1.01. The number of ether oxygens (including phenoxy) is 2. The normalized spacial score (nSPS) is 14.6. The summed E-state index contributed by atoms with van der Waals surface area (Å²) in [5.74, 6) is -0.565. The third kappa shape index (κ3) is 7.37. The Hall–Kier alpha value is -3.34. The summed E-state index contributed by atoms with van der Waals surface area (Å²) in [4.78, 5) is 28.4. The molecule has 9 nitrogen and oxygen atoms in total. The minimum absolute atomic E-state index is 0.0131. The highest BCUT2D eigenvalue weighted by atomic mass is 32.2. The van der Waals surface area contributed by atoms with Crippen LogP contribution in [0.15, 0.2) is 42.5 Å². The largest absolute Gasteiger partial charge is 0.493 e. The quantitative estimate of drug-likeness (QED) is 0.435. The van der Waals surface area contributed by atoms with Crippen molar-refractivity contribution < 1.29 is 31.9 Å². The van der Waals surface area contributed by atoms with E-state index in [0.717, 1.165) is 36.2 Å². The molecule has 2 amide bonds. The average Bonchev–Trinajstić information content (AvgIpc) is 3.40. The lowest BCUT2D eigenvalue weighted by Gasteiger charge is -2.33. The zero-order chi connectivity index (χ0) is 27.9. The molecule has 11 heteroatoms. The standard InChI is InChI=1S/C27H36FN3O6S/c1-5-23(27(33)29-21-8-6-7-9-21)30(17-19-10-12-20(28)13-11-19)26(32)18-31(38(4,34)35)22-14-15-24(36-2)25(16-22)37-3/h10-16,21,23H,5-9,17-18H2,1-4H3,(H,29,33)/t23-/m0/s1. The smallest absolute Gasteiger partial charge is 0.244 e. The second kappa shape index (κ2) is 12.9. The highest BCUT2D eigenvalue weighted by Crippen LogP contribution is 2.32. The van der Waals surface area contributed by atoms with Crippen molar-refractivity contribution in [2.24, 2.45) is 0 Å². The van der Waals surface area contributed by atoms with Crippen LogP contribution < -0.4 is 19.1 Å². The minimum Gasteiger partial charge on any atom is -0.493 e. The van der Waals surface area contributed by atoms with Gasteiger partial charge in [0.2, 0.25) is 21.8 Å². The number of nitrogens with one attached hydrogen (secondary N) is 1. The molecular weight excluding hydrogens is 513 g/mol. The Bertz CT molecular complexity index is 1220. The molecular formula is C27H36FN3O6S. The molecule has 208 valence electrons. The molecule has 0 aliphatic heterocycles. The van der Waals surface area contributed by atoms with Gasteiger partial charge in [-0.1, -0.05) is 31.9 Å². The number of nitrogens with zero attached hydrogens (tertiary/aromatic N) is 2. The summed E-state index contributed by atoms with van der Waals surface area (Å²) in [5.41, 5.74) is 0.826. The van der Waals surface area contributed by atoms with Crippen molar-refractivity contribution in [1.29, 1.82) is 0 Å². The average molecular weight is 550 g/mol.